The Hall–Kier alpha value is -2.09. The van der Waals surface area contributed by atoms with Gasteiger partial charge in [0.25, 0.3) is 5.69 Å². The summed E-state index contributed by atoms with van der Waals surface area (Å²) in [6.07, 6.45) is 1.95. The first-order valence-electron chi connectivity index (χ1n) is 4.85. The van der Waals surface area contributed by atoms with E-state index in [0.717, 1.165) is 0 Å². The van der Waals surface area contributed by atoms with E-state index in [2.05, 4.69) is 26.2 Å². The molecule has 2 aromatic rings. The normalized spacial score (nSPS) is 10.3. The molecule has 92 valence electrons. The van der Waals surface area contributed by atoms with E-state index in [0.29, 0.717) is 22.0 Å². The van der Waals surface area contributed by atoms with Gasteiger partial charge in [0.2, 0.25) is 0 Å². The maximum absolute atomic E-state index is 10.9. The SMILES string of the molecule is Cc1cc(Br)c(-n2cc(C=O)nn2)cc1[N+](=O)[O-]. The predicted octanol–water partition coefficient (Wildman–Crippen LogP) is 2.06. The van der Waals surface area contributed by atoms with Gasteiger partial charge >= 0.3 is 0 Å². The van der Waals surface area contributed by atoms with Crippen LogP contribution in [0, 0.1) is 17.0 Å². The molecule has 1 aromatic heterocycles. The average molecular weight is 311 g/mol. The summed E-state index contributed by atoms with van der Waals surface area (Å²) in [5.41, 5.74) is 1.13. The molecule has 0 bridgehead atoms. The zero-order valence-corrected chi connectivity index (χ0v) is 10.8. The van der Waals surface area contributed by atoms with Crippen LogP contribution in [0.15, 0.2) is 22.8 Å². The standard InChI is InChI=1S/C10H7BrN4O3/c1-6-2-8(11)10(3-9(6)15(17)18)14-4-7(5-16)12-13-14/h2-5H,1H3. The van der Waals surface area contributed by atoms with Crippen LogP contribution in [0.4, 0.5) is 5.69 Å². The summed E-state index contributed by atoms with van der Waals surface area (Å²) in [6, 6.07) is 3.00. The highest BCUT2D eigenvalue weighted by atomic mass is 79.9. The molecule has 0 saturated heterocycles. The molecule has 0 amide bonds. The van der Waals surface area contributed by atoms with Gasteiger partial charge in [0.15, 0.2) is 6.29 Å². The van der Waals surface area contributed by atoms with Crippen molar-refractivity contribution in [1.29, 1.82) is 0 Å². The highest BCUT2D eigenvalue weighted by Gasteiger charge is 2.16. The molecule has 1 aromatic carbocycles. The van der Waals surface area contributed by atoms with E-state index in [4.69, 9.17) is 0 Å². The maximum atomic E-state index is 10.9. The van der Waals surface area contributed by atoms with E-state index < -0.39 is 4.92 Å². The Labute approximate surface area is 110 Å². The highest BCUT2D eigenvalue weighted by Crippen LogP contribution is 2.28. The molecule has 18 heavy (non-hydrogen) atoms. The van der Waals surface area contributed by atoms with Gasteiger partial charge in [-0.25, -0.2) is 4.68 Å². The number of benzene rings is 1. The smallest absolute Gasteiger partial charge is 0.274 e. The van der Waals surface area contributed by atoms with Gasteiger partial charge in [-0.1, -0.05) is 5.21 Å². The number of nitro benzene ring substituents is 1. The number of aldehydes is 1. The Morgan fingerprint density at radius 1 is 1.50 bits per heavy atom. The summed E-state index contributed by atoms with van der Waals surface area (Å²) in [7, 11) is 0. The number of rotatable bonds is 3. The van der Waals surface area contributed by atoms with Crippen molar-refractivity contribution in [3.8, 4) is 5.69 Å². The number of hydrogen-bond donors (Lipinski definition) is 0. The summed E-state index contributed by atoms with van der Waals surface area (Å²) < 4.78 is 1.94. The Morgan fingerprint density at radius 2 is 2.22 bits per heavy atom. The van der Waals surface area contributed by atoms with Crippen LogP contribution >= 0.6 is 15.9 Å². The number of aromatic nitrogens is 3. The van der Waals surface area contributed by atoms with Crippen LogP contribution < -0.4 is 0 Å². The van der Waals surface area contributed by atoms with Crippen molar-refractivity contribution >= 4 is 27.9 Å². The number of aryl methyl sites for hydroxylation is 1. The van der Waals surface area contributed by atoms with Crippen LogP contribution in [0.1, 0.15) is 16.1 Å². The van der Waals surface area contributed by atoms with Crippen LogP contribution in [0.3, 0.4) is 0 Å². The quantitative estimate of drug-likeness (QED) is 0.491. The first-order valence-corrected chi connectivity index (χ1v) is 5.64. The molecule has 0 aliphatic carbocycles. The Balaban J connectivity index is 2.59. The minimum atomic E-state index is -0.469. The molecule has 8 heteroatoms. The number of carbonyl (C=O) groups is 1. The molecule has 0 radical (unpaired) electrons. The summed E-state index contributed by atoms with van der Waals surface area (Å²) in [4.78, 5) is 20.9. The minimum absolute atomic E-state index is 0.0173. The number of carbonyl (C=O) groups excluding carboxylic acids is 1. The van der Waals surface area contributed by atoms with Gasteiger partial charge in [-0.2, -0.15) is 0 Å². The molecular weight excluding hydrogens is 304 g/mol. The van der Waals surface area contributed by atoms with Gasteiger partial charge in [0.1, 0.15) is 5.69 Å². The summed E-state index contributed by atoms with van der Waals surface area (Å²) in [5, 5.41) is 18.2. The fraction of sp³-hybridized carbons (Fsp3) is 0.100. The largest absolute Gasteiger partial charge is 0.296 e. The van der Waals surface area contributed by atoms with Crippen molar-refractivity contribution < 1.29 is 9.72 Å². The van der Waals surface area contributed by atoms with Crippen molar-refractivity contribution in [1.82, 2.24) is 15.0 Å². The van der Waals surface area contributed by atoms with Gasteiger partial charge < -0.3 is 0 Å². The van der Waals surface area contributed by atoms with Gasteiger partial charge in [-0.15, -0.1) is 5.10 Å². The molecule has 7 nitrogen and oxygen atoms in total. The van der Waals surface area contributed by atoms with E-state index in [9.17, 15) is 14.9 Å². The number of halogens is 1. The second-order valence-corrected chi connectivity index (χ2v) is 4.41. The number of hydrogen-bond acceptors (Lipinski definition) is 5. The van der Waals surface area contributed by atoms with E-state index in [1.807, 2.05) is 0 Å². The van der Waals surface area contributed by atoms with Crippen molar-refractivity contribution in [3.05, 3.63) is 44.2 Å². The Kier molecular flexibility index (Phi) is 3.19. The third-order valence-corrected chi connectivity index (χ3v) is 2.98. The fourth-order valence-corrected chi connectivity index (χ4v) is 2.11. The minimum Gasteiger partial charge on any atom is -0.296 e. The zero-order valence-electron chi connectivity index (χ0n) is 9.20. The molecule has 0 saturated carbocycles. The summed E-state index contributed by atoms with van der Waals surface area (Å²) in [6.45, 7) is 1.64. The lowest BCUT2D eigenvalue weighted by Crippen LogP contribution is -2.00. The summed E-state index contributed by atoms with van der Waals surface area (Å²) >= 11 is 3.30. The lowest BCUT2D eigenvalue weighted by Gasteiger charge is -2.05. The monoisotopic (exact) mass is 310 g/mol. The van der Waals surface area contributed by atoms with E-state index in [1.54, 1.807) is 13.0 Å². The summed E-state index contributed by atoms with van der Waals surface area (Å²) in [5.74, 6) is 0. The van der Waals surface area contributed by atoms with E-state index >= 15 is 0 Å². The molecule has 0 unspecified atom stereocenters. The molecule has 0 aliphatic heterocycles. The fourth-order valence-electron chi connectivity index (χ4n) is 1.47. The highest BCUT2D eigenvalue weighted by molar-refractivity contribution is 9.10. The number of nitro groups is 1. The Morgan fingerprint density at radius 3 is 2.78 bits per heavy atom. The van der Waals surface area contributed by atoms with Crippen LogP contribution in [0.5, 0.6) is 0 Å². The lowest BCUT2D eigenvalue weighted by atomic mass is 10.2. The second-order valence-electron chi connectivity index (χ2n) is 3.55. The zero-order chi connectivity index (χ0) is 13.3. The van der Waals surface area contributed by atoms with Crippen LogP contribution in [0.2, 0.25) is 0 Å². The lowest BCUT2D eigenvalue weighted by molar-refractivity contribution is -0.385. The third kappa shape index (κ3) is 2.14. The number of nitrogens with zero attached hydrogens (tertiary/aromatic N) is 4. The van der Waals surface area contributed by atoms with Crippen LogP contribution in [-0.2, 0) is 0 Å². The second kappa shape index (κ2) is 4.65. The van der Waals surface area contributed by atoms with E-state index in [-0.39, 0.29) is 11.4 Å². The van der Waals surface area contributed by atoms with Crippen molar-refractivity contribution in [3.63, 3.8) is 0 Å². The first-order chi connectivity index (χ1) is 8.52. The molecule has 2 rings (SSSR count). The first kappa shape index (κ1) is 12.4. The van der Waals surface area contributed by atoms with Gasteiger partial charge in [0.05, 0.1) is 16.8 Å². The molecule has 0 fully saturated rings. The maximum Gasteiger partial charge on any atom is 0.274 e. The van der Waals surface area contributed by atoms with E-state index in [1.165, 1.54) is 16.9 Å². The molecule has 0 spiro atoms. The topological polar surface area (TPSA) is 90.9 Å². The van der Waals surface area contributed by atoms with Gasteiger partial charge in [0, 0.05) is 16.1 Å². The van der Waals surface area contributed by atoms with Crippen LogP contribution in [-0.4, -0.2) is 26.2 Å². The van der Waals surface area contributed by atoms with Gasteiger partial charge in [-0.3, -0.25) is 14.9 Å². The molecule has 0 atom stereocenters. The Bertz CT molecular complexity index is 638. The van der Waals surface area contributed by atoms with Crippen molar-refractivity contribution in [2.75, 3.05) is 0 Å². The predicted molar refractivity (Wildman–Crippen MR) is 65.8 cm³/mol. The third-order valence-electron chi connectivity index (χ3n) is 2.34. The van der Waals surface area contributed by atoms with Gasteiger partial charge in [-0.05, 0) is 28.9 Å². The molecule has 1 heterocycles. The average Bonchev–Trinajstić information content (AvgIpc) is 2.77. The van der Waals surface area contributed by atoms with Crippen molar-refractivity contribution in [2.24, 2.45) is 0 Å². The molecule has 0 N–H and O–H groups in total. The molecular formula is C10H7BrN4O3. The molecule has 0 aliphatic rings. The van der Waals surface area contributed by atoms with Crippen LogP contribution in [0.25, 0.3) is 5.69 Å². The van der Waals surface area contributed by atoms with Crippen molar-refractivity contribution in [2.45, 2.75) is 6.92 Å².